The number of halogens is 2. The van der Waals surface area contributed by atoms with Crippen molar-refractivity contribution in [3.05, 3.63) is 58.1 Å². The summed E-state index contributed by atoms with van der Waals surface area (Å²) in [6, 6.07) is 11.7. The van der Waals surface area contributed by atoms with Crippen molar-refractivity contribution in [1.29, 1.82) is 0 Å². The second-order valence-corrected chi connectivity index (χ2v) is 5.67. The van der Waals surface area contributed by atoms with Gasteiger partial charge in [-0.15, -0.1) is 0 Å². The number of carbonyl (C=O) groups is 1. The fraction of sp³-hybridized carbons (Fsp3) is 0.235. The zero-order valence-electron chi connectivity index (χ0n) is 12.5. The quantitative estimate of drug-likeness (QED) is 0.759. The molecule has 0 saturated heterocycles. The fourth-order valence-electron chi connectivity index (χ4n) is 1.98. The number of carbonyl (C=O) groups excluding carboxylic acids is 1. The Kier molecular flexibility index (Phi) is 6.28. The first-order chi connectivity index (χ1) is 11.0. The highest BCUT2D eigenvalue weighted by Gasteiger charge is 2.14. The second-order valence-electron chi connectivity index (χ2n) is 4.80. The molecule has 0 aliphatic heterocycles. The van der Waals surface area contributed by atoms with Crippen molar-refractivity contribution in [2.24, 2.45) is 0 Å². The van der Waals surface area contributed by atoms with E-state index in [4.69, 9.17) is 32.7 Å². The minimum atomic E-state index is -0.913. The number of hydrogen-bond donors (Lipinski definition) is 1. The third-order valence-corrected chi connectivity index (χ3v) is 3.44. The highest BCUT2D eigenvalue weighted by molar-refractivity contribution is 6.34. The van der Waals surface area contributed by atoms with Gasteiger partial charge in [-0.2, -0.15) is 0 Å². The van der Waals surface area contributed by atoms with Crippen molar-refractivity contribution in [2.75, 3.05) is 6.61 Å². The molecule has 6 heteroatoms. The van der Waals surface area contributed by atoms with Crippen LogP contribution in [0.5, 0.6) is 11.5 Å². The molecule has 0 aromatic heterocycles. The van der Waals surface area contributed by atoms with Gasteiger partial charge >= 0.3 is 5.97 Å². The van der Waals surface area contributed by atoms with Crippen LogP contribution in [0.3, 0.4) is 0 Å². The standard InChI is InChI=1S/C17H16Cl2O4/c1-2-22-17(21)10-16(20)11-3-5-14(6-4-11)23-15-8-12(18)7-13(19)9-15/h3-9,16,20H,2,10H2,1H3/t16-/m0/s1. The first-order valence-electron chi connectivity index (χ1n) is 7.05. The number of aliphatic hydroxyl groups excluding tert-OH is 1. The maximum atomic E-state index is 11.4. The second kappa shape index (κ2) is 8.20. The SMILES string of the molecule is CCOC(=O)C[C@H](O)c1ccc(Oc2cc(Cl)cc(Cl)c2)cc1. The monoisotopic (exact) mass is 354 g/mol. The molecule has 0 heterocycles. The van der Waals surface area contributed by atoms with Crippen molar-refractivity contribution in [3.63, 3.8) is 0 Å². The fourth-order valence-corrected chi connectivity index (χ4v) is 2.48. The Morgan fingerprint density at radius 3 is 2.26 bits per heavy atom. The van der Waals surface area contributed by atoms with E-state index < -0.39 is 12.1 Å². The molecular formula is C17H16Cl2O4. The van der Waals surface area contributed by atoms with Crippen LogP contribution in [-0.2, 0) is 9.53 Å². The van der Waals surface area contributed by atoms with Crippen molar-refractivity contribution >= 4 is 29.2 Å². The van der Waals surface area contributed by atoms with Crippen LogP contribution in [0.15, 0.2) is 42.5 Å². The van der Waals surface area contributed by atoms with E-state index in [1.54, 1.807) is 49.4 Å². The zero-order chi connectivity index (χ0) is 16.8. The summed E-state index contributed by atoms with van der Waals surface area (Å²) in [5.41, 5.74) is 0.606. The lowest BCUT2D eigenvalue weighted by Crippen LogP contribution is -2.09. The Labute approximate surface area is 144 Å². The molecule has 0 aliphatic carbocycles. The Bertz CT molecular complexity index is 651. The van der Waals surface area contributed by atoms with Gasteiger partial charge in [-0.1, -0.05) is 35.3 Å². The highest BCUT2D eigenvalue weighted by atomic mass is 35.5. The summed E-state index contributed by atoms with van der Waals surface area (Å²) in [6.45, 7) is 2.01. The van der Waals surface area contributed by atoms with Crippen LogP contribution in [0, 0.1) is 0 Å². The summed E-state index contributed by atoms with van der Waals surface area (Å²) in [4.78, 5) is 11.4. The van der Waals surface area contributed by atoms with Crippen molar-refractivity contribution < 1.29 is 19.4 Å². The van der Waals surface area contributed by atoms with Crippen LogP contribution in [0.25, 0.3) is 0 Å². The van der Waals surface area contributed by atoms with Crippen molar-refractivity contribution in [2.45, 2.75) is 19.4 Å². The molecule has 2 rings (SSSR count). The van der Waals surface area contributed by atoms with Gasteiger partial charge in [0, 0.05) is 10.0 Å². The predicted octanol–water partition coefficient (Wildman–Crippen LogP) is 4.77. The molecule has 0 unspecified atom stereocenters. The minimum Gasteiger partial charge on any atom is -0.466 e. The predicted molar refractivity (Wildman–Crippen MR) is 89.2 cm³/mol. The normalized spacial score (nSPS) is 11.8. The van der Waals surface area contributed by atoms with E-state index in [-0.39, 0.29) is 6.42 Å². The molecular weight excluding hydrogens is 339 g/mol. The number of ether oxygens (including phenoxy) is 2. The number of rotatable bonds is 6. The molecule has 2 aromatic carbocycles. The summed E-state index contributed by atoms with van der Waals surface area (Å²) in [6.07, 6.45) is -0.999. The molecule has 0 fully saturated rings. The molecule has 23 heavy (non-hydrogen) atoms. The van der Waals surface area contributed by atoms with E-state index in [2.05, 4.69) is 0 Å². The Balaban J connectivity index is 2.02. The molecule has 0 radical (unpaired) electrons. The molecule has 0 spiro atoms. The van der Waals surface area contributed by atoms with E-state index in [1.807, 2.05) is 0 Å². The van der Waals surface area contributed by atoms with Crippen LogP contribution in [0.4, 0.5) is 0 Å². The molecule has 1 N–H and O–H groups in total. The van der Waals surface area contributed by atoms with Gasteiger partial charge in [0.05, 0.1) is 19.1 Å². The van der Waals surface area contributed by atoms with E-state index in [1.165, 1.54) is 0 Å². The topological polar surface area (TPSA) is 55.8 Å². The Hall–Kier alpha value is -1.75. The lowest BCUT2D eigenvalue weighted by atomic mass is 10.1. The van der Waals surface area contributed by atoms with Gasteiger partial charge in [0.1, 0.15) is 11.5 Å². The van der Waals surface area contributed by atoms with E-state index in [9.17, 15) is 9.90 Å². The molecule has 122 valence electrons. The van der Waals surface area contributed by atoms with Crippen LogP contribution >= 0.6 is 23.2 Å². The average molecular weight is 355 g/mol. The van der Waals surface area contributed by atoms with Crippen LogP contribution < -0.4 is 4.74 Å². The zero-order valence-corrected chi connectivity index (χ0v) is 14.0. The molecule has 2 aromatic rings. The average Bonchev–Trinajstić information content (AvgIpc) is 2.47. The van der Waals surface area contributed by atoms with E-state index in [0.29, 0.717) is 33.7 Å². The van der Waals surface area contributed by atoms with Crippen LogP contribution in [-0.4, -0.2) is 17.7 Å². The largest absolute Gasteiger partial charge is 0.466 e. The Morgan fingerprint density at radius 1 is 1.09 bits per heavy atom. The molecule has 1 atom stereocenters. The Morgan fingerprint density at radius 2 is 1.70 bits per heavy atom. The van der Waals surface area contributed by atoms with E-state index >= 15 is 0 Å². The summed E-state index contributed by atoms with van der Waals surface area (Å²) < 4.78 is 10.5. The lowest BCUT2D eigenvalue weighted by molar-refractivity contribution is -0.145. The van der Waals surface area contributed by atoms with Crippen molar-refractivity contribution in [3.8, 4) is 11.5 Å². The highest BCUT2D eigenvalue weighted by Crippen LogP contribution is 2.29. The van der Waals surface area contributed by atoms with Gasteiger partial charge in [-0.05, 0) is 42.8 Å². The smallest absolute Gasteiger partial charge is 0.308 e. The van der Waals surface area contributed by atoms with Crippen molar-refractivity contribution in [1.82, 2.24) is 0 Å². The maximum absolute atomic E-state index is 11.4. The van der Waals surface area contributed by atoms with E-state index in [0.717, 1.165) is 0 Å². The lowest BCUT2D eigenvalue weighted by Gasteiger charge is -2.12. The minimum absolute atomic E-state index is 0.0854. The third-order valence-electron chi connectivity index (χ3n) is 3.00. The summed E-state index contributed by atoms with van der Waals surface area (Å²) >= 11 is 11.8. The summed E-state index contributed by atoms with van der Waals surface area (Å²) in [5.74, 6) is 0.645. The number of aliphatic hydroxyl groups is 1. The van der Waals surface area contributed by atoms with Gasteiger partial charge in [-0.25, -0.2) is 0 Å². The van der Waals surface area contributed by atoms with Gasteiger partial charge in [0.25, 0.3) is 0 Å². The molecule has 0 bridgehead atoms. The van der Waals surface area contributed by atoms with Gasteiger partial charge in [0.2, 0.25) is 0 Å². The molecule has 0 saturated carbocycles. The van der Waals surface area contributed by atoms with Gasteiger partial charge in [-0.3, -0.25) is 4.79 Å². The number of esters is 1. The number of benzene rings is 2. The molecule has 4 nitrogen and oxygen atoms in total. The number of hydrogen-bond acceptors (Lipinski definition) is 4. The first-order valence-corrected chi connectivity index (χ1v) is 7.81. The molecule has 0 amide bonds. The maximum Gasteiger partial charge on any atom is 0.308 e. The third kappa shape index (κ3) is 5.43. The van der Waals surface area contributed by atoms with Gasteiger partial charge < -0.3 is 14.6 Å². The molecule has 0 aliphatic rings. The first kappa shape index (κ1) is 17.6. The summed E-state index contributed by atoms with van der Waals surface area (Å²) in [7, 11) is 0. The summed E-state index contributed by atoms with van der Waals surface area (Å²) in [5, 5.41) is 11.0. The van der Waals surface area contributed by atoms with Crippen LogP contribution in [0.2, 0.25) is 10.0 Å². The van der Waals surface area contributed by atoms with Gasteiger partial charge in [0.15, 0.2) is 0 Å². The van der Waals surface area contributed by atoms with Crippen LogP contribution in [0.1, 0.15) is 25.0 Å².